The Morgan fingerprint density at radius 2 is 1.97 bits per heavy atom. The topological polar surface area (TPSA) is 103 Å². The SMILES string of the molecule is CCCS(=O)(=O)N1CCC(NC(=NCC(O)COc2ccc(F)cc2)NCC)CC1. The molecule has 1 fully saturated rings. The molecular formula is C20H33FN4O4S. The van der Waals surface area contributed by atoms with Crippen molar-refractivity contribution in [3.8, 4) is 5.75 Å². The molecule has 0 amide bonds. The smallest absolute Gasteiger partial charge is 0.214 e. The molecule has 1 aliphatic heterocycles. The van der Waals surface area contributed by atoms with Crippen LogP contribution in [0.1, 0.15) is 33.1 Å². The number of nitrogens with zero attached hydrogens (tertiary/aromatic N) is 2. The van der Waals surface area contributed by atoms with Gasteiger partial charge in [-0.2, -0.15) is 0 Å². The number of hydrogen-bond donors (Lipinski definition) is 3. The van der Waals surface area contributed by atoms with Gasteiger partial charge in [0.25, 0.3) is 0 Å². The van der Waals surface area contributed by atoms with Crippen LogP contribution in [0.4, 0.5) is 4.39 Å². The zero-order valence-electron chi connectivity index (χ0n) is 17.7. The zero-order chi connectivity index (χ0) is 22.0. The molecule has 1 unspecified atom stereocenters. The van der Waals surface area contributed by atoms with Crippen molar-refractivity contribution in [3.05, 3.63) is 30.1 Å². The molecule has 0 bridgehead atoms. The van der Waals surface area contributed by atoms with Crippen molar-refractivity contribution >= 4 is 16.0 Å². The van der Waals surface area contributed by atoms with Crippen molar-refractivity contribution in [2.45, 2.75) is 45.3 Å². The Morgan fingerprint density at radius 3 is 2.57 bits per heavy atom. The number of piperidine rings is 1. The third kappa shape index (κ3) is 8.08. The summed E-state index contributed by atoms with van der Waals surface area (Å²) < 4.78 is 44.3. The van der Waals surface area contributed by atoms with Crippen LogP contribution in [-0.2, 0) is 10.0 Å². The highest BCUT2D eigenvalue weighted by molar-refractivity contribution is 7.89. The lowest BCUT2D eigenvalue weighted by Gasteiger charge is -2.32. The summed E-state index contributed by atoms with van der Waals surface area (Å²) in [6.45, 7) is 5.65. The maximum atomic E-state index is 12.9. The molecule has 2 rings (SSSR count). The van der Waals surface area contributed by atoms with Gasteiger partial charge in [-0.1, -0.05) is 6.92 Å². The molecule has 1 aliphatic rings. The molecule has 170 valence electrons. The van der Waals surface area contributed by atoms with E-state index in [-0.39, 0.29) is 30.8 Å². The highest BCUT2D eigenvalue weighted by Crippen LogP contribution is 2.15. The molecule has 0 aromatic heterocycles. The van der Waals surface area contributed by atoms with Gasteiger partial charge in [-0.25, -0.2) is 17.1 Å². The van der Waals surface area contributed by atoms with E-state index in [4.69, 9.17) is 4.74 Å². The Bertz CT molecular complexity index is 766. The Kier molecular flexibility index (Phi) is 9.80. The largest absolute Gasteiger partial charge is 0.491 e. The Labute approximate surface area is 178 Å². The van der Waals surface area contributed by atoms with E-state index >= 15 is 0 Å². The van der Waals surface area contributed by atoms with Crippen molar-refractivity contribution in [2.75, 3.05) is 38.5 Å². The van der Waals surface area contributed by atoms with E-state index in [9.17, 15) is 17.9 Å². The maximum Gasteiger partial charge on any atom is 0.214 e. The van der Waals surface area contributed by atoms with Gasteiger partial charge in [0.15, 0.2) is 5.96 Å². The number of halogens is 1. The van der Waals surface area contributed by atoms with Crippen LogP contribution in [0.15, 0.2) is 29.3 Å². The van der Waals surface area contributed by atoms with Gasteiger partial charge in [-0.3, -0.25) is 4.99 Å². The van der Waals surface area contributed by atoms with Gasteiger partial charge in [0.05, 0.1) is 12.3 Å². The molecule has 1 aromatic rings. The van der Waals surface area contributed by atoms with E-state index in [0.717, 1.165) is 0 Å². The van der Waals surface area contributed by atoms with Crippen LogP contribution < -0.4 is 15.4 Å². The molecule has 1 aromatic carbocycles. The molecule has 0 saturated carbocycles. The van der Waals surface area contributed by atoms with Crippen LogP contribution >= 0.6 is 0 Å². The van der Waals surface area contributed by atoms with Crippen molar-refractivity contribution < 1.29 is 22.7 Å². The molecule has 1 heterocycles. The zero-order valence-corrected chi connectivity index (χ0v) is 18.5. The number of hydrogen-bond acceptors (Lipinski definition) is 5. The van der Waals surface area contributed by atoms with Gasteiger partial charge < -0.3 is 20.5 Å². The van der Waals surface area contributed by atoms with Crippen molar-refractivity contribution in [3.63, 3.8) is 0 Å². The average Bonchev–Trinajstić information content (AvgIpc) is 2.72. The minimum atomic E-state index is -3.16. The summed E-state index contributed by atoms with van der Waals surface area (Å²) in [6.07, 6.45) is 1.20. The van der Waals surface area contributed by atoms with Crippen LogP contribution in [-0.4, -0.2) is 74.5 Å². The predicted molar refractivity (Wildman–Crippen MR) is 116 cm³/mol. The number of guanidine groups is 1. The summed E-state index contributed by atoms with van der Waals surface area (Å²) in [5.41, 5.74) is 0. The Hall–Kier alpha value is -1.91. The Balaban J connectivity index is 1.80. The standard InChI is InChI=1S/C20H33FN4O4S/c1-3-13-30(27,28)25-11-9-17(10-12-25)24-20(22-4-2)23-14-18(26)15-29-19-7-5-16(21)6-8-19/h5-8,17-18,26H,3-4,9-15H2,1-2H3,(H2,22,23,24). The highest BCUT2D eigenvalue weighted by atomic mass is 32.2. The summed E-state index contributed by atoms with van der Waals surface area (Å²) in [5, 5.41) is 16.6. The van der Waals surface area contributed by atoms with E-state index in [2.05, 4.69) is 15.6 Å². The third-order valence-corrected chi connectivity index (χ3v) is 6.79. The van der Waals surface area contributed by atoms with Crippen LogP contribution in [0.5, 0.6) is 5.75 Å². The van der Waals surface area contributed by atoms with E-state index < -0.39 is 16.1 Å². The molecule has 0 radical (unpaired) electrons. The van der Waals surface area contributed by atoms with Gasteiger partial charge in [0, 0.05) is 25.7 Å². The molecule has 30 heavy (non-hydrogen) atoms. The lowest BCUT2D eigenvalue weighted by Crippen LogP contribution is -2.50. The minimum absolute atomic E-state index is 0.0439. The molecule has 10 heteroatoms. The molecule has 3 N–H and O–H groups in total. The fraction of sp³-hybridized carbons (Fsp3) is 0.650. The minimum Gasteiger partial charge on any atom is -0.491 e. The second-order valence-corrected chi connectivity index (χ2v) is 9.36. The first-order valence-electron chi connectivity index (χ1n) is 10.4. The number of aliphatic hydroxyl groups excluding tert-OH is 1. The summed E-state index contributed by atoms with van der Waals surface area (Å²) >= 11 is 0. The van der Waals surface area contributed by atoms with Crippen LogP contribution in [0.25, 0.3) is 0 Å². The summed E-state index contributed by atoms with van der Waals surface area (Å²) in [5.74, 6) is 0.901. The van der Waals surface area contributed by atoms with Gasteiger partial charge >= 0.3 is 0 Å². The van der Waals surface area contributed by atoms with Crippen molar-refractivity contribution in [2.24, 2.45) is 4.99 Å². The number of nitrogens with one attached hydrogen (secondary N) is 2. The first-order chi connectivity index (χ1) is 14.3. The second kappa shape index (κ2) is 12.1. The monoisotopic (exact) mass is 444 g/mol. The Morgan fingerprint density at radius 1 is 1.30 bits per heavy atom. The van der Waals surface area contributed by atoms with Crippen molar-refractivity contribution in [1.82, 2.24) is 14.9 Å². The van der Waals surface area contributed by atoms with E-state index in [1.165, 1.54) is 24.3 Å². The quantitative estimate of drug-likeness (QED) is 0.372. The average molecular weight is 445 g/mol. The van der Waals surface area contributed by atoms with Crippen molar-refractivity contribution in [1.29, 1.82) is 0 Å². The third-order valence-electron chi connectivity index (χ3n) is 4.71. The first-order valence-corrected chi connectivity index (χ1v) is 12.0. The molecule has 0 spiro atoms. The van der Waals surface area contributed by atoms with E-state index in [0.29, 0.717) is 50.6 Å². The van der Waals surface area contributed by atoms with Crippen LogP contribution in [0.3, 0.4) is 0 Å². The fourth-order valence-corrected chi connectivity index (χ4v) is 4.69. The highest BCUT2D eigenvalue weighted by Gasteiger charge is 2.27. The van der Waals surface area contributed by atoms with E-state index in [1.54, 1.807) is 4.31 Å². The number of aliphatic imine (C=N–C) groups is 1. The van der Waals surface area contributed by atoms with Gasteiger partial charge in [-0.05, 0) is 50.5 Å². The normalized spacial score (nSPS) is 17.5. The van der Waals surface area contributed by atoms with Gasteiger partial charge in [0.2, 0.25) is 10.0 Å². The van der Waals surface area contributed by atoms with Crippen LogP contribution in [0, 0.1) is 5.82 Å². The molecular weight excluding hydrogens is 411 g/mol. The van der Waals surface area contributed by atoms with E-state index in [1.807, 2.05) is 13.8 Å². The summed E-state index contributed by atoms with van der Waals surface area (Å²) in [6, 6.07) is 5.72. The first kappa shape index (κ1) is 24.4. The number of benzene rings is 1. The van der Waals surface area contributed by atoms with Crippen LogP contribution in [0.2, 0.25) is 0 Å². The lowest BCUT2D eigenvalue weighted by atomic mass is 10.1. The molecule has 0 aliphatic carbocycles. The molecule has 8 nitrogen and oxygen atoms in total. The second-order valence-electron chi connectivity index (χ2n) is 7.27. The number of sulfonamides is 1. The molecule has 1 saturated heterocycles. The van der Waals surface area contributed by atoms with Gasteiger partial charge in [0.1, 0.15) is 24.3 Å². The van der Waals surface area contributed by atoms with Gasteiger partial charge in [-0.15, -0.1) is 0 Å². The maximum absolute atomic E-state index is 12.9. The fourth-order valence-electron chi connectivity index (χ4n) is 3.15. The summed E-state index contributed by atoms with van der Waals surface area (Å²) in [7, 11) is -3.16. The lowest BCUT2D eigenvalue weighted by molar-refractivity contribution is 0.114. The number of ether oxygens (including phenoxy) is 1. The summed E-state index contributed by atoms with van der Waals surface area (Å²) in [4.78, 5) is 4.40. The number of rotatable bonds is 10. The number of aliphatic hydroxyl groups is 1. The predicted octanol–water partition coefficient (Wildman–Crippen LogP) is 1.32. The molecule has 1 atom stereocenters.